The lowest BCUT2D eigenvalue weighted by Gasteiger charge is -2.22. The Hall–Kier alpha value is -4.22. The van der Waals surface area contributed by atoms with Gasteiger partial charge in [0.15, 0.2) is 4.34 Å². The molecule has 11 heteroatoms. The fourth-order valence-corrected chi connectivity index (χ4v) is 6.76. The standard InChI is InChI=1S/C30H24FN3O5S2/c1-16-13-20-14-19(7-12-23(20)39-16)26(35)24-25(18-5-10-22(38-2)11-6-18)34(28(37)27(24)36)29-32-33-30(41-29)40-15-17-3-8-21(31)9-4-17/h3-12,14,16,25,35H,13,15H2,1-2H3/t16-,25+/m1/s1. The number of halogens is 1. The topological polar surface area (TPSA) is 102 Å². The van der Waals surface area contributed by atoms with E-state index in [2.05, 4.69) is 10.2 Å². The van der Waals surface area contributed by atoms with Crippen molar-refractivity contribution in [3.8, 4) is 11.5 Å². The van der Waals surface area contributed by atoms with Crippen LogP contribution in [0.2, 0.25) is 0 Å². The van der Waals surface area contributed by atoms with E-state index in [-0.39, 0.29) is 28.4 Å². The number of hydrogen-bond donors (Lipinski definition) is 1. The molecule has 1 fully saturated rings. The van der Waals surface area contributed by atoms with Crippen LogP contribution < -0.4 is 14.4 Å². The summed E-state index contributed by atoms with van der Waals surface area (Å²) in [5.74, 6) is -0.343. The number of aromatic nitrogens is 2. The van der Waals surface area contributed by atoms with Gasteiger partial charge in [-0.15, -0.1) is 10.2 Å². The largest absolute Gasteiger partial charge is 0.507 e. The number of nitrogens with zero attached hydrogens (tertiary/aromatic N) is 3. The Bertz CT molecular complexity index is 1670. The Morgan fingerprint density at radius 3 is 2.61 bits per heavy atom. The number of aliphatic hydroxyl groups excluding tert-OH is 1. The summed E-state index contributed by atoms with van der Waals surface area (Å²) in [5, 5.41) is 20.2. The van der Waals surface area contributed by atoms with Crippen molar-refractivity contribution < 1.29 is 28.6 Å². The van der Waals surface area contributed by atoms with Crippen LogP contribution in [0, 0.1) is 5.82 Å². The Labute approximate surface area is 243 Å². The number of fused-ring (bicyclic) bond motifs is 1. The number of Topliss-reactive ketones (excluding diaryl/α,β-unsaturated/α-hetero) is 1. The van der Waals surface area contributed by atoms with Gasteiger partial charge in [-0.3, -0.25) is 14.5 Å². The first-order valence-electron chi connectivity index (χ1n) is 12.8. The van der Waals surface area contributed by atoms with E-state index in [0.717, 1.165) is 28.2 Å². The smallest absolute Gasteiger partial charge is 0.301 e. The molecule has 2 atom stereocenters. The summed E-state index contributed by atoms with van der Waals surface area (Å²) in [5.41, 5.74) is 2.80. The minimum absolute atomic E-state index is 0.0137. The van der Waals surface area contributed by atoms with Gasteiger partial charge < -0.3 is 14.6 Å². The van der Waals surface area contributed by atoms with Crippen LogP contribution in [-0.2, 0) is 21.8 Å². The molecule has 3 aromatic carbocycles. The molecule has 0 unspecified atom stereocenters. The molecule has 41 heavy (non-hydrogen) atoms. The second-order valence-electron chi connectivity index (χ2n) is 9.66. The van der Waals surface area contributed by atoms with E-state index in [0.29, 0.717) is 33.4 Å². The third-order valence-electron chi connectivity index (χ3n) is 6.92. The second-order valence-corrected chi connectivity index (χ2v) is 11.8. The maximum absolute atomic E-state index is 13.5. The highest BCUT2D eigenvalue weighted by Gasteiger charge is 2.48. The fraction of sp³-hybridized carbons (Fsp3) is 0.200. The highest BCUT2D eigenvalue weighted by molar-refractivity contribution is 8.00. The SMILES string of the molecule is COc1ccc([C@H]2C(=C(O)c3ccc4c(c3)C[C@@H](C)O4)C(=O)C(=O)N2c2nnc(SCc3ccc(F)cc3)s2)cc1. The van der Waals surface area contributed by atoms with Crippen molar-refractivity contribution in [3.63, 3.8) is 0 Å². The Balaban J connectivity index is 1.38. The average Bonchev–Trinajstić information content (AvgIpc) is 3.67. The zero-order valence-electron chi connectivity index (χ0n) is 22.0. The number of methoxy groups -OCH3 is 1. The molecular formula is C30H24FN3O5S2. The van der Waals surface area contributed by atoms with E-state index < -0.39 is 17.7 Å². The van der Waals surface area contributed by atoms with E-state index in [1.165, 1.54) is 28.8 Å². The number of carbonyl (C=O) groups excluding carboxylic acids is 2. The molecule has 6 rings (SSSR count). The number of carbonyl (C=O) groups is 2. The molecule has 0 radical (unpaired) electrons. The summed E-state index contributed by atoms with van der Waals surface area (Å²) < 4.78 is 24.9. The molecule has 1 amide bonds. The zero-order chi connectivity index (χ0) is 28.7. The van der Waals surface area contributed by atoms with Crippen LogP contribution in [0.4, 0.5) is 9.52 Å². The molecule has 0 spiro atoms. The number of rotatable bonds is 7. The highest BCUT2D eigenvalue weighted by atomic mass is 32.2. The molecule has 2 aliphatic rings. The van der Waals surface area contributed by atoms with Gasteiger partial charge in [0, 0.05) is 17.7 Å². The van der Waals surface area contributed by atoms with Crippen molar-refractivity contribution in [2.45, 2.75) is 35.6 Å². The number of benzene rings is 3. The van der Waals surface area contributed by atoms with Gasteiger partial charge >= 0.3 is 5.91 Å². The van der Waals surface area contributed by atoms with Gasteiger partial charge in [0.05, 0.1) is 18.7 Å². The van der Waals surface area contributed by atoms with Crippen LogP contribution in [-0.4, -0.2) is 40.2 Å². The molecule has 1 N–H and O–H groups in total. The Morgan fingerprint density at radius 1 is 1.12 bits per heavy atom. The first-order valence-corrected chi connectivity index (χ1v) is 14.6. The average molecular weight is 590 g/mol. The van der Waals surface area contributed by atoms with Gasteiger partial charge in [-0.1, -0.05) is 47.4 Å². The number of ketones is 1. The molecule has 3 heterocycles. The normalized spacial score (nSPS) is 19.3. The number of thioether (sulfide) groups is 1. The molecular weight excluding hydrogens is 565 g/mol. The minimum Gasteiger partial charge on any atom is -0.507 e. The summed E-state index contributed by atoms with van der Waals surface area (Å²) in [6, 6.07) is 17.4. The highest BCUT2D eigenvalue weighted by Crippen LogP contribution is 2.45. The second kappa shape index (κ2) is 11.0. The molecule has 1 aromatic heterocycles. The van der Waals surface area contributed by atoms with Crippen LogP contribution in [0.25, 0.3) is 5.76 Å². The molecule has 208 valence electrons. The third-order valence-corrected chi connectivity index (χ3v) is 9.05. The van der Waals surface area contributed by atoms with Crippen LogP contribution in [0.5, 0.6) is 11.5 Å². The number of amides is 1. The van der Waals surface area contributed by atoms with E-state index >= 15 is 0 Å². The lowest BCUT2D eigenvalue weighted by Crippen LogP contribution is -2.29. The first kappa shape index (κ1) is 27.0. The van der Waals surface area contributed by atoms with Crippen molar-refractivity contribution >= 4 is 45.7 Å². The molecule has 8 nitrogen and oxygen atoms in total. The van der Waals surface area contributed by atoms with Gasteiger partial charge in [-0.2, -0.15) is 0 Å². The van der Waals surface area contributed by atoms with E-state index in [4.69, 9.17) is 9.47 Å². The number of aliphatic hydroxyl groups is 1. The monoisotopic (exact) mass is 589 g/mol. The summed E-state index contributed by atoms with van der Waals surface area (Å²) >= 11 is 2.55. The molecule has 0 saturated carbocycles. The van der Waals surface area contributed by atoms with Crippen molar-refractivity contribution in [3.05, 3.63) is 100 Å². The molecule has 1 saturated heterocycles. The van der Waals surface area contributed by atoms with Gasteiger partial charge in [-0.25, -0.2) is 4.39 Å². The Kier molecular flexibility index (Phi) is 7.22. The predicted octanol–water partition coefficient (Wildman–Crippen LogP) is 5.93. The molecule has 0 aliphatic carbocycles. The van der Waals surface area contributed by atoms with Gasteiger partial charge in [0.1, 0.15) is 29.2 Å². The number of ether oxygens (including phenoxy) is 2. The van der Waals surface area contributed by atoms with E-state index in [1.54, 1.807) is 61.7 Å². The summed E-state index contributed by atoms with van der Waals surface area (Å²) in [4.78, 5) is 28.3. The molecule has 4 aromatic rings. The lowest BCUT2D eigenvalue weighted by molar-refractivity contribution is -0.132. The summed E-state index contributed by atoms with van der Waals surface area (Å²) in [6.45, 7) is 1.96. The number of anilines is 1. The van der Waals surface area contributed by atoms with Gasteiger partial charge in [0.25, 0.3) is 5.78 Å². The van der Waals surface area contributed by atoms with Crippen LogP contribution in [0.15, 0.2) is 76.6 Å². The Morgan fingerprint density at radius 2 is 1.88 bits per heavy atom. The van der Waals surface area contributed by atoms with Crippen molar-refractivity contribution in [1.82, 2.24) is 10.2 Å². The van der Waals surface area contributed by atoms with E-state index in [9.17, 15) is 19.1 Å². The van der Waals surface area contributed by atoms with Crippen molar-refractivity contribution in [1.29, 1.82) is 0 Å². The maximum atomic E-state index is 13.5. The van der Waals surface area contributed by atoms with Crippen LogP contribution >= 0.6 is 23.1 Å². The summed E-state index contributed by atoms with van der Waals surface area (Å²) in [6.07, 6.45) is 0.690. The quantitative estimate of drug-likeness (QED) is 0.0931. The fourth-order valence-electron chi connectivity index (χ4n) is 4.94. The molecule has 0 bridgehead atoms. The van der Waals surface area contributed by atoms with Gasteiger partial charge in [0.2, 0.25) is 5.13 Å². The zero-order valence-corrected chi connectivity index (χ0v) is 23.7. The van der Waals surface area contributed by atoms with Crippen molar-refractivity contribution in [2.75, 3.05) is 12.0 Å². The first-order chi connectivity index (χ1) is 19.8. The molecule has 2 aliphatic heterocycles. The van der Waals surface area contributed by atoms with Gasteiger partial charge in [-0.05, 0) is 66.1 Å². The maximum Gasteiger partial charge on any atom is 0.301 e. The predicted molar refractivity (Wildman–Crippen MR) is 154 cm³/mol. The third kappa shape index (κ3) is 5.18. The lowest BCUT2D eigenvalue weighted by atomic mass is 9.94. The minimum atomic E-state index is -0.938. The van der Waals surface area contributed by atoms with Crippen LogP contribution in [0.1, 0.15) is 35.2 Å². The van der Waals surface area contributed by atoms with Crippen LogP contribution in [0.3, 0.4) is 0 Å². The van der Waals surface area contributed by atoms with Crippen molar-refractivity contribution in [2.24, 2.45) is 0 Å². The number of hydrogen-bond acceptors (Lipinski definition) is 9. The van der Waals surface area contributed by atoms with E-state index in [1.807, 2.05) is 6.92 Å². The summed E-state index contributed by atoms with van der Waals surface area (Å²) in [7, 11) is 1.55.